The fraction of sp³-hybridized carbons (Fsp3) is 0.238. The third kappa shape index (κ3) is 4.74. The van der Waals surface area contributed by atoms with E-state index in [2.05, 4.69) is 75.9 Å². The molecule has 0 spiro atoms. The first-order chi connectivity index (χ1) is 11.8. The van der Waals surface area contributed by atoms with Crippen LogP contribution < -0.4 is 5.32 Å². The quantitative estimate of drug-likeness (QED) is 0.708. The molecular weight excluding hydrogens is 294 g/mol. The molecule has 0 saturated heterocycles. The average molecular weight is 317 g/mol. The molecule has 0 aliphatic carbocycles. The Kier molecular flexibility index (Phi) is 5.70. The summed E-state index contributed by atoms with van der Waals surface area (Å²) in [5.41, 5.74) is 4.60. The van der Waals surface area contributed by atoms with Crippen molar-refractivity contribution < 1.29 is 0 Å². The van der Waals surface area contributed by atoms with Gasteiger partial charge in [0.1, 0.15) is 0 Å². The molecular formula is C21H23N3. The summed E-state index contributed by atoms with van der Waals surface area (Å²) in [5.74, 6) is 0. The number of nitrogens with one attached hydrogen (secondary N) is 1. The smallest absolute Gasteiger partial charge is 0.0724 e. The van der Waals surface area contributed by atoms with Crippen LogP contribution >= 0.6 is 0 Å². The van der Waals surface area contributed by atoms with Gasteiger partial charge in [-0.3, -0.25) is 9.97 Å². The summed E-state index contributed by atoms with van der Waals surface area (Å²) in [4.78, 5) is 8.76. The molecule has 122 valence electrons. The molecule has 0 amide bonds. The molecule has 0 aliphatic rings. The normalized spacial score (nSPS) is 12.0. The van der Waals surface area contributed by atoms with Crippen LogP contribution in [0, 0.1) is 6.92 Å². The summed E-state index contributed by atoms with van der Waals surface area (Å²) in [6, 6.07) is 21.6. The highest BCUT2D eigenvalue weighted by Gasteiger charge is 2.11. The molecule has 1 unspecified atom stereocenters. The molecule has 2 aromatic carbocycles. The lowest BCUT2D eigenvalue weighted by Crippen LogP contribution is -2.22. The van der Waals surface area contributed by atoms with Gasteiger partial charge in [0.25, 0.3) is 0 Å². The predicted octanol–water partition coefficient (Wildman–Crippen LogP) is 4.25. The van der Waals surface area contributed by atoms with E-state index in [-0.39, 0.29) is 0 Å². The fourth-order valence-corrected chi connectivity index (χ4v) is 2.77. The van der Waals surface area contributed by atoms with E-state index in [1.165, 1.54) is 11.1 Å². The summed E-state index contributed by atoms with van der Waals surface area (Å²) in [5, 5.41) is 3.64. The van der Waals surface area contributed by atoms with Gasteiger partial charge in [-0.2, -0.15) is 0 Å². The van der Waals surface area contributed by atoms with E-state index in [4.69, 9.17) is 0 Å². The molecule has 0 radical (unpaired) electrons. The number of rotatable bonds is 7. The minimum absolute atomic E-state index is 0.300. The first-order valence-corrected chi connectivity index (χ1v) is 8.41. The minimum atomic E-state index is 0.300. The van der Waals surface area contributed by atoms with E-state index in [0.29, 0.717) is 6.04 Å². The largest absolute Gasteiger partial charge is 0.304 e. The molecule has 3 rings (SSSR count). The van der Waals surface area contributed by atoms with Crippen LogP contribution in [0.25, 0.3) is 0 Å². The van der Waals surface area contributed by atoms with Crippen molar-refractivity contribution in [2.75, 3.05) is 0 Å². The second-order valence-electron chi connectivity index (χ2n) is 6.02. The fourth-order valence-electron chi connectivity index (χ4n) is 2.77. The van der Waals surface area contributed by atoms with Gasteiger partial charge < -0.3 is 5.32 Å². The maximum atomic E-state index is 4.44. The van der Waals surface area contributed by atoms with Gasteiger partial charge in [-0.15, -0.1) is 0 Å². The molecule has 3 nitrogen and oxygen atoms in total. The Hall–Kier alpha value is -2.52. The molecule has 0 aliphatic heterocycles. The molecule has 1 N–H and O–H groups in total. The summed E-state index contributed by atoms with van der Waals surface area (Å²) >= 11 is 0. The van der Waals surface area contributed by atoms with Gasteiger partial charge in [0, 0.05) is 25.0 Å². The Bertz CT molecular complexity index is 724. The van der Waals surface area contributed by atoms with Crippen LogP contribution in [-0.4, -0.2) is 9.97 Å². The molecule has 0 fully saturated rings. The van der Waals surface area contributed by atoms with E-state index < -0.39 is 0 Å². The van der Waals surface area contributed by atoms with Crippen LogP contribution in [0.15, 0.2) is 73.1 Å². The highest BCUT2D eigenvalue weighted by Crippen LogP contribution is 2.19. The Morgan fingerprint density at radius 3 is 2.25 bits per heavy atom. The lowest BCUT2D eigenvalue weighted by molar-refractivity contribution is 0.494. The van der Waals surface area contributed by atoms with E-state index in [1.807, 2.05) is 19.3 Å². The monoisotopic (exact) mass is 317 g/mol. The van der Waals surface area contributed by atoms with Crippen LogP contribution in [0.2, 0.25) is 0 Å². The van der Waals surface area contributed by atoms with Crippen molar-refractivity contribution >= 4 is 0 Å². The second-order valence-corrected chi connectivity index (χ2v) is 6.02. The highest BCUT2D eigenvalue weighted by molar-refractivity contribution is 5.21. The number of nitrogens with zero attached hydrogens (tertiary/aromatic N) is 2. The molecule has 3 heteroatoms. The van der Waals surface area contributed by atoms with Gasteiger partial charge in [0.2, 0.25) is 0 Å². The SMILES string of the molecule is Cc1cnc(CNC(CCc2ccccc2)c2ccccc2)cn1. The first kappa shape index (κ1) is 16.3. The first-order valence-electron chi connectivity index (χ1n) is 8.41. The number of aromatic nitrogens is 2. The summed E-state index contributed by atoms with van der Waals surface area (Å²) in [6.07, 6.45) is 5.76. The van der Waals surface area contributed by atoms with Crippen molar-refractivity contribution in [2.24, 2.45) is 0 Å². The lowest BCUT2D eigenvalue weighted by Gasteiger charge is -2.19. The van der Waals surface area contributed by atoms with Crippen LogP contribution in [0.4, 0.5) is 0 Å². The van der Waals surface area contributed by atoms with Gasteiger partial charge in [0.05, 0.1) is 11.4 Å². The second kappa shape index (κ2) is 8.37. The molecule has 1 atom stereocenters. The maximum Gasteiger partial charge on any atom is 0.0724 e. The van der Waals surface area contributed by atoms with Gasteiger partial charge in [-0.25, -0.2) is 0 Å². The number of hydrogen-bond acceptors (Lipinski definition) is 3. The van der Waals surface area contributed by atoms with Crippen LogP contribution in [0.3, 0.4) is 0 Å². The standard InChI is InChI=1S/C21H23N3/c1-17-14-23-20(15-22-17)16-24-21(19-10-6-3-7-11-19)13-12-18-8-4-2-5-9-18/h2-11,14-15,21,24H,12-13,16H2,1H3. The van der Waals surface area contributed by atoms with Crippen molar-refractivity contribution in [3.05, 3.63) is 95.6 Å². The highest BCUT2D eigenvalue weighted by atomic mass is 14.9. The Morgan fingerprint density at radius 1 is 0.875 bits per heavy atom. The van der Waals surface area contributed by atoms with Gasteiger partial charge >= 0.3 is 0 Å². The van der Waals surface area contributed by atoms with Gasteiger partial charge in [0.15, 0.2) is 0 Å². The van der Waals surface area contributed by atoms with Crippen LogP contribution in [0.1, 0.15) is 35.0 Å². The van der Waals surface area contributed by atoms with Crippen LogP contribution in [0.5, 0.6) is 0 Å². The number of hydrogen-bond donors (Lipinski definition) is 1. The molecule has 1 heterocycles. The van der Waals surface area contributed by atoms with Crippen molar-refractivity contribution in [2.45, 2.75) is 32.4 Å². The summed E-state index contributed by atoms with van der Waals surface area (Å²) in [6.45, 7) is 2.68. The molecule has 0 bridgehead atoms. The zero-order chi connectivity index (χ0) is 16.6. The minimum Gasteiger partial charge on any atom is -0.304 e. The lowest BCUT2D eigenvalue weighted by atomic mass is 9.99. The third-order valence-electron chi connectivity index (χ3n) is 4.13. The van der Waals surface area contributed by atoms with Gasteiger partial charge in [-0.05, 0) is 30.9 Å². The number of benzene rings is 2. The molecule has 0 saturated carbocycles. The maximum absolute atomic E-state index is 4.44. The van der Waals surface area contributed by atoms with E-state index in [1.54, 1.807) is 0 Å². The Labute approximate surface area is 143 Å². The molecule has 3 aromatic rings. The average Bonchev–Trinajstić information content (AvgIpc) is 2.65. The Morgan fingerprint density at radius 2 is 1.58 bits per heavy atom. The topological polar surface area (TPSA) is 37.8 Å². The van der Waals surface area contributed by atoms with E-state index in [0.717, 1.165) is 30.8 Å². The van der Waals surface area contributed by atoms with Crippen molar-refractivity contribution in [1.82, 2.24) is 15.3 Å². The van der Waals surface area contributed by atoms with E-state index in [9.17, 15) is 0 Å². The zero-order valence-electron chi connectivity index (χ0n) is 14.0. The predicted molar refractivity (Wildman–Crippen MR) is 97.6 cm³/mol. The summed E-state index contributed by atoms with van der Waals surface area (Å²) in [7, 11) is 0. The summed E-state index contributed by atoms with van der Waals surface area (Å²) < 4.78 is 0. The number of aryl methyl sites for hydroxylation is 2. The molecule has 1 aromatic heterocycles. The van der Waals surface area contributed by atoms with Crippen LogP contribution in [-0.2, 0) is 13.0 Å². The molecule has 24 heavy (non-hydrogen) atoms. The van der Waals surface area contributed by atoms with E-state index >= 15 is 0 Å². The van der Waals surface area contributed by atoms with Crippen molar-refractivity contribution in [3.8, 4) is 0 Å². The zero-order valence-corrected chi connectivity index (χ0v) is 14.0. The van der Waals surface area contributed by atoms with Crippen molar-refractivity contribution in [3.63, 3.8) is 0 Å². The van der Waals surface area contributed by atoms with Crippen molar-refractivity contribution in [1.29, 1.82) is 0 Å². The Balaban J connectivity index is 1.66. The third-order valence-corrected chi connectivity index (χ3v) is 4.13. The van der Waals surface area contributed by atoms with Gasteiger partial charge in [-0.1, -0.05) is 60.7 Å².